The van der Waals surface area contributed by atoms with Crippen LogP contribution in [0.3, 0.4) is 0 Å². The molecule has 108 valence electrons. The fourth-order valence-corrected chi connectivity index (χ4v) is 3.22. The summed E-state index contributed by atoms with van der Waals surface area (Å²) >= 11 is 0. The standard InChI is InChI=1S/C16H22N2O2/c1-20-14-9-8-12-5-4-10-18(15(12)11-14)16(19)17-13-6-2-3-7-13/h8-9,11,13H,2-7,10H2,1H3,(H,17,19). The highest BCUT2D eigenvalue weighted by molar-refractivity contribution is 5.93. The highest BCUT2D eigenvalue weighted by Crippen LogP contribution is 2.31. The average Bonchev–Trinajstić information content (AvgIpc) is 2.98. The van der Waals surface area contributed by atoms with Gasteiger partial charge >= 0.3 is 6.03 Å². The third-order valence-electron chi connectivity index (χ3n) is 4.34. The number of fused-ring (bicyclic) bond motifs is 1. The molecule has 1 aromatic rings. The smallest absolute Gasteiger partial charge is 0.322 e. The Balaban J connectivity index is 1.79. The number of nitrogens with one attached hydrogen (secondary N) is 1. The van der Waals surface area contributed by atoms with E-state index in [1.165, 1.54) is 18.4 Å². The lowest BCUT2D eigenvalue weighted by molar-refractivity contribution is 0.242. The number of ether oxygens (including phenoxy) is 1. The molecular formula is C16H22N2O2. The van der Waals surface area contributed by atoms with Gasteiger partial charge in [-0.25, -0.2) is 4.79 Å². The minimum atomic E-state index is 0.0473. The zero-order valence-corrected chi connectivity index (χ0v) is 12.0. The van der Waals surface area contributed by atoms with Crippen LogP contribution >= 0.6 is 0 Å². The second-order valence-electron chi connectivity index (χ2n) is 5.68. The Kier molecular flexibility index (Phi) is 3.81. The van der Waals surface area contributed by atoms with Crippen LogP contribution in [-0.4, -0.2) is 25.7 Å². The van der Waals surface area contributed by atoms with Crippen LogP contribution in [0.1, 0.15) is 37.7 Å². The SMILES string of the molecule is COc1ccc2c(c1)N(C(=O)NC1CCCC1)CCC2. The summed E-state index contributed by atoms with van der Waals surface area (Å²) in [7, 11) is 1.66. The minimum absolute atomic E-state index is 0.0473. The Labute approximate surface area is 120 Å². The van der Waals surface area contributed by atoms with Crippen LogP contribution in [0.15, 0.2) is 18.2 Å². The van der Waals surface area contributed by atoms with Crippen LogP contribution in [0.5, 0.6) is 5.75 Å². The van der Waals surface area contributed by atoms with Crippen molar-refractivity contribution in [3.8, 4) is 5.75 Å². The van der Waals surface area contributed by atoms with Crippen LogP contribution in [-0.2, 0) is 6.42 Å². The van der Waals surface area contributed by atoms with Gasteiger partial charge in [0.2, 0.25) is 0 Å². The van der Waals surface area contributed by atoms with Crippen molar-refractivity contribution in [2.75, 3.05) is 18.6 Å². The first-order valence-corrected chi connectivity index (χ1v) is 7.53. The van der Waals surface area contributed by atoms with E-state index < -0.39 is 0 Å². The normalized spacial score (nSPS) is 18.8. The molecule has 0 radical (unpaired) electrons. The third kappa shape index (κ3) is 2.60. The monoisotopic (exact) mass is 274 g/mol. The molecule has 0 unspecified atom stereocenters. The Morgan fingerprint density at radius 1 is 1.30 bits per heavy atom. The summed E-state index contributed by atoms with van der Waals surface area (Å²) in [6.45, 7) is 0.790. The summed E-state index contributed by atoms with van der Waals surface area (Å²) in [6.07, 6.45) is 6.75. The number of carbonyl (C=O) groups is 1. The van der Waals surface area contributed by atoms with Crippen molar-refractivity contribution in [2.24, 2.45) is 0 Å². The number of benzene rings is 1. The minimum Gasteiger partial charge on any atom is -0.497 e. The van der Waals surface area contributed by atoms with Crippen LogP contribution in [0.2, 0.25) is 0 Å². The number of methoxy groups -OCH3 is 1. The second kappa shape index (κ2) is 5.73. The summed E-state index contributed by atoms with van der Waals surface area (Å²) in [5, 5.41) is 3.17. The van der Waals surface area contributed by atoms with Crippen molar-refractivity contribution in [3.63, 3.8) is 0 Å². The lowest BCUT2D eigenvalue weighted by Gasteiger charge is -2.31. The number of hydrogen-bond donors (Lipinski definition) is 1. The predicted molar refractivity (Wildman–Crippen MR) is 79.4 cm³/mol. The summed E-state index contributed by atoms with van der Waals surface area (Å²) < 4.78 is 5.28. The average molecular weight is 274 g/mol. The first-order valence-electron chi connectivity index (χ1n) is 7.53. The van der Waals surface area contributed by atoms with Crippen LogP contribution in [0, 0.1) is 0 Å². The Morgan fingerprint density at radius 3 is 2.85 bits per heavy atom. The van der Waals surface area contributed by atoms with E-state index in [4.69, 9.17) is 4.74 Å². The van der Waals surface area contributed by atoms with Crippen LogP contribution in [0.25, 0.3) is 0 Å². The van der Waals surface area contributed by atoms with Crippen molar-refractivity contribution in [1.82, 2.24) is 5.32 Å². The third-order valence-corrected chi connectivity index (χ3v) is 4.34. The maximum Gasteiger partial charge on any atom is 0.322 e. The molecule has 1 aliphatic carbocycles. The number of amides is 2. The Hall–Kier alpha value is -1.71. The molecule has 4 heteroatoms. The van der Waals surface area contributed by atoms with E-state index in [1.807, 2.05) is 17.0 Å². The number of urea groups is 1. The molecule has 1 aromatic carbocycles. The highest BCUT2D eigenvalue weighted by Gasteiger charge is 2.25. The number of carbonyl (C=O) groups excluding carboxylic acids is 1. The zero-order chi connectivity index (χ0) is 13.9. The molecule has 0 atom stereocenters. The predicted octanol–water partition coefficient (Wildman–Crippen LogP) is 3.10. The summed E-state index contributed by atoms with van der Waals surface area (Å²) in [6, 6.07) is 6.42. The van der Waals surface area contributed by atoms with Crippen molar-refractivity contribution in [3.05, 3.63) is 23.8 Å². The van der Waals surface area contributed by atoms with Gasteiger partial charge in [0.25, 0.3) is 0 Å². The van der Waals surface area contributed by atoms with Gasteiger partial charge in [-0.1, -0.05) is 18.9 Å². The van der Waals surface area contributed by atoms with Gasteiger partial charge in [0.15, 0.2) is 0 Å². The molecule has 2 aliphatic rings. The number of rotatable bonds is 2. The summed E-state index contributed by atoms with van der Waals surface area (Å²) in [5.74, 6) is 0.810. The number of hydrogen-bond acceptors (Lipinski definition) is 2. The molecule has 1 aliphatic heterocycles. The molecule has 4 nitrogen and oxygen atoms in total. The fraction of sp³-hybridized carbons (Fsp3) is 0.562. The lowest BCUT2D eigenvalue weighted by atomic mass is 10.0. The molecular weight excluding hydrogens is 252 g/mol. The van der Waals surface area contributed by atoms with Gasteiger partial charge in [-0.3, -0.25) is 4.90 Å². The van der Waals surface area contributed by atoms with Gasteiger partial charge in [0.05, 0.1) is 12.8 Å². The highest BCUT2D eigenvalue weighted by atomic mass is 16.5. The zero-order valence-electron chi connectivity index (χ0n) is 12.0. The number of anilines is 1. The second-order valence-corrected chi connectivity index (χ2v) is 5.68. The van der Waals surface area contributed by atoms with Crippen LogP contribution in [0.4, 0.5) is 10.5 Å². The van der Waals surface area contributed by atoms with E-state index in [1.54, 1.807) is 7.11 Å². The van der Waals surface area contributed by atoms with Crippen molar-refractivity contribution < 1.29 is 9.53 Å². The largest absolute Gasteiger partial charge is 0.497 e. The van der Waals surface area contributed by atoms with E-state index >= 15 is 0 Å². The molecule has 2 amide bonds. The maximum atomic E-state index is 12.5. The molecule has 0 spiro atoms. The van der Waals surface area contributed by atoms with Gasteiger partial charge in [-0.2, -0.15) is 0 Å². The molecule has 3 rings (SSSR count). The Morgan fingerprint density at radius 2 is 2.10 bits per heavy atom. The van der Waals surface area contributed by atoms with Gasteiger partial charge in [0, 0.05) is 18.7 Å². The van der Waals surface area contributed by atoms with Crippen molar-refractivity contribution >= 4 is 11.7 Å². The topological polar surface area (TPSA) is 41.6 Å². The van der Waals surface area contributed by atoms with E-state index in [0.29, 0.717) is 6.04 Å². The first kappa shape index (κ1) is 13.3. The molecule has 1 fully saturated rings. The van der Waals surface area contributed by atoms with Crippen molar-refractivity contribution in [2.45, 2.75) is 44.6 Å². The first-order chi connectivity index (χ1) is 9.78. The van der Waals surface area contributed by atoms with Gasteiger partial charge in [-0.15, -0.1) is 0 Å². The fourth-order valence-electron chi connectivity index (χ4n) is 3.22. The molecule has 1 heterocycles. The van der Waals surface area contributed by atoms with E-state index in [0.717, 1.165) is 43.7 Å². The number of nitrogens with zero attached hydrogens (tertiary/aromatic N) is 1. The summed E-state index contributed by atoms with van der Waals surface area (Å²) in [4.78, 5) is 14.4. The molecule has 1 N–H and O–H groups in total. The van der Waals surface area contributed by atoms with Crippen LogP contribution < -0.4 is 15.0 Å². The molecule has 0 bridgehead atoms. The molecule has 1 saturated carbocycles. The van der Waals surface area contributed by atoms with E-state index in [-0.39, 0.29) is 6.03 Å². The molecule has 20 heavy (non-hydrogen) atoms. The molecule has 0 saturated heterocycles. The number of aryl methyl sites for hydroxylation is 1. The van der Waals surface area contributed by atoms with Gasteiger partial charge < -0.3 is 10.1 Å². The van der Waals surface area contributed by atoms with E-state index in [2.05, 4.69) is 11.4 Å². The van der Waals surface area contributed by atoms with Gasteiger partial charge in [0.1, 0.15) is 5.75 Å². The quantitative estimate of drug-likeness (QED) is 0.900. The maximum absolute atomic E-state index is 12.5. The molecule has 0 aromatic heterocycles. The Bertz CT molecular complexity index is 495. The lowest BCUT2D eigenvalue weighted by Crippen LogP contribution is -2.46. The van der Waals surface area contributed by atoms with Crippen molar-refractivity contribution in [1.29, 1.82) is 0 Å². The van der Waals surface area contributed by atoms with E-state index in [9.17, 15) is 4.79 Å². The summed E-state index contributed by atoms with van der Waals surface area (Å²) in [5.41, 5.74) is 2.24. The van der Waals surface area contributed by atoms with Gasteiger partial charge in [-0.05, 0) is 37.3 Å².